The van der Waals surface area contributed by atoms with Crippen LogP contribution in [0.15, 0.2) is 53.0 Å². The standard InChI is InChI=1S/C21H20BrN3O3/c1-28-16-5-2-4-15(12-16)25-20(26)17-18(13-6-8-14(22)9-7-13)23-10-3-11-24(23)19(17)21(25)27/h2,4-9,12,17-19H,3,10-11H2,1H3/t17-,18-,19+/m1/s1. The number of ether oxygens (including phenoxy) is 1. The summed E-state index contributed by atoms with van der Waals surface area (Å²) < 4.78 is 6.27. The number of imide groups is 1. The maximum absolute atomic E-state index is 13.5. The summed E-state index contributed by atoms with van der Waals surface area (Å²) in [5.74, 6) is -0.0528. The van der Waals surface area contributed by atoms with Crippen molar-refractivity contribution < 1.29 is 14.3 Å². The Balaban J connectivity index is 1.57. The maximum Gasteiger partial charge on any atom is 0.253 e. The highest BCUT2D eigenvalue weighted by molar-refractivity contribution is 9.10. The molecule has 3 heterocycles. The summed E-state index contributed by atoms with van der Waals surface area (Å²) in [4.78, 5) is 28.2. The predicted molar refractivity (Wildman–Crippen MR) is 108 cm³/mol. The van der Waals surface area contributed by atoms with Crippen molar-refractivity contribution in [2.24, 2.45) is 5.92 Å². The number of benzene rings is 2. The summed E-state index contributed by atoms with van der Waals surface area (Å²) in [6.07, 6.45) is 0.997. The van der Waals surface area contributed by atoms with Crippen molar-refractivity contribution in [2.75, 3.05) is 25.1 Å². The van der Waals surface area contributed by atoms with E-state index in [1.807, 2.05) is 30.3 Å². The molecule has 3 fully saturated rings. The molecular weight excluding hydrogens is 422 g/mol. The van der Waals surface area contributed by atoms with Gasteiger partial charge in [0.1, 0.15) is 11.8 Å². The highest BCUT2D eigenvalue weighted by Crippen LogP contribution is 2.49. The molecule has 0 bridgehead atoms. The third-order valence-electron chi connectivity index (χ3n) is 5.93. The zero-order chi connectivity index (χ0) is 19.4. The minimum absolute atomic E-state index is 0.118. The van der Waals surface area contributed by atoms with Crippen LogP contribution in [0, 0.1) is 5.92 Å². The van der Waals surface area contributed by atoms with Crippen molar-refractivity contribution in [3.63, 3.8) is 0 Å². The number of fused-ring (bicyclic) bond motifs is 3. The van der Waals surface area contributed by atoms with Gasteiger partial charge >= 0.3 is 0 Å². The molecular formula is C21H20BrN3O3. The third-order valence-corrected chi connectivity index (χ3v) is 6.46. The average molecular weight is 442 g/mol. The fraction of sp³-hybridized carbons (Fsp3) is 0.333. The second-order valence-corrected chi connectivity index (χ2v) is 8.28. The van der Waals surface area contributed by atoms with Gasteiger partial charge in [-0.15, -0.1) is 0 Å². The zero-order valence-corrected chi connectivity index (χ0v) is 17.0. The first-order valence-electron chi connectivity index (χ1n) is 9.40. The van der Waals surface area contributed by atoms with Gasteiger partial charge in [-0.1, -0.05) is 34.1 Å². The van der Waals surface area contributed by atoms with Gasteiger partial charge in [0.2, 0.25) is 5.91 Å². The van der Waals surface area contributed by atoms with E-state index in [0.717, 1.165) is 29.5 Å². The van der Waals surface area contributed by atoms with Crippen LogP contribution in [0.3, 0.4) is 0 Å². The van der Waals surface area contributed by atoms with Crippen LogP contribution in [0.1, 0.15) is 18.0 Å². The van der Waals surface area contributed by atoms with Crippen molar-refractivity contribution in [3.05, 3.63) is 58.6 Å². The molecule has 0 spiro atoms. The van der Waals surface area contributed by atoms with Gasteiger partial charge in [0.15, 0.2) is 0 Å². The molecule has 2 amide bonds. The van der Waals surface area contributed by atoms with Crippen molar-refractivity contribution in [3.8, 4) is 5.75 Å². The summed E-state index contributed by atoms with van der Waals surface area (Å²) in [5, 5.41) is 4.33. The lowest BCUT2D eigenvalue weighted by molar-refractivity contribution is -0.126. The Bertz CT molecular complexity index is 948. The monoisotopic (exact) mass is 441 g/mol. The van der Waals surface area contributed by atoms with E-state index < -0.39 is 12.0 Å². The molecule has 7 heteroatoms. The molecule has 28 heavy (non-hydrogen) atoms. The zero-order valence-electron chi connectivity index (χ0n) is 15.4. The molecule has 0 aromatic heterocycles. The molecule has 2 aromatic carbocycles. The van der Waals surface area contributed by atoms with Crippen molar-refractivity contribution in [1.29, 1.82) is 0 Å². The highest BCUT2D eigenvalue weighted by atomic mass is 79.9. The first-order chi connectivity index (χ1) is 13.6. The van der Waals surface area contributed by atoms with Crippen LogP contribution in [0.4, 0.5) is 5.69 Å². The number of carbonyl (C=O) groups is 2. The molecule has 144 valence electrons. The van der Waals surface area contributed by atoms with Crippen LogP contribution in [0.5, 0.6) is 5.75 Å². The van der Waals surface area contributed by atoms with Crippen molar-refractivity contribution in [1.82, 2.24) is 10.0 Å². The van der Waals surface area contributed by atoms with E-state index in [1.165, 1.54) is 4.90 Å². The van der Waals surface area contributed by atoms with Crippen LogP contribution in [-0.2, 0) is 9.59 Å². The van der Waals surface area contributed by atoms with Crippen LogP contribution in [-0.4, -0.2) is 48.1 Å². The van der Waals surface area contributed by atoms with E-state index in [-0.39, 0.29) is 17.9 Å². The van der Waals surface area contributed by atoms with E-state index in [2.05, 4.69) is 25.9 Å². The molecule has 0 N–H and O–H groups in total. The topological polar surface area (TPSA) is 53.1 Å². The van der Waals surface area contributed by atoms with Crippen LogP contribution in [0.25, 0.3) is 0 Å². The summed E-state index contributed by atoms with van der Waals surface area (Å²) in [5.41, 5.74) is 1.64. The van der Waals surface area contributed by atoms with Gasteiger partial charge < -0.3 is 4.74 Å². The number of carbonyl (C=O) groups excluding carboxylic acids is 2. The molecule has 0 unspecified atom stereocenters. The average Bonchev–Trinajstić information content (AvgIpc) is 3.35. The molecule has 2 aromatic rings. The SMILES string of the molecule is COc1cccc(N2C(=O)[C@H]3[C@@H](C2=O)N2CCCN2[C@@H]3c2ccc(Br)cc2)c1. The Morgan fingerprint density at radius 2 is 1.68 bits per heavy atom. The summed E-state index contributed by atoms with van der Waals surface area (Å²) in [7, 11) is 1.58. The molecule has 0 radical (unpaired) electrons. The largest absolute Gasteiger partial charge is 0.497 e. The number of hydrogen-bond acceptors (Lipinski definition) is 5. The number of hydrogen-bond donors (Lipinski definition) is 0. The third kappa shape index (κ3) is 2.53. The quantitative estimate of drug-likeness (QED) is 0.685. The van der Waals surface area contributed by atoms with Crippen molar-refractivity contribution in [2.45, 2.75) is 18.5 Å². The summed E-state index contributed by atoms with van der Waals surface area (Å²) in [6, 6.07) is 14.7. The van der Waals surface area contributed by atoms with Gasteiger partial charge in [0.25, 0.3) is 5.91 Å². The lowest BCUT2D eigenvalue weighted by atomic mass is 9.90. The molecule has 0 aliphatic carbocycles. The lowest BCUT2D eigenvalue weighted by Gasteiger charge is -2.29. The smallest absolute Gasteiger partial charge is 0.253 e. The Hall–Kier alpha value is -2.22. The minimum Gasteiger partial charge on any atom is -0.497 e. The number of nitrogens with zero attached hydrogens (tertiary/aromatic N) is 3. The Morgan fingerprint density at radius 1 is 0.964 bits per heavy atom. The molecule has 0 saturated carbocycles. The molecule has 3 atom stereocenters. The van der Waals surface area contributed by atoms with Gasteiger partial charge in [-0.3, -0.25) is 9.59 Å². The van der Waals surface area contributed by atoms with Gasteiger partial charge in [0.05, 0.1) is 24.8 Å². The molecule has 6 nitrogen and oxygen atoms in total. The summed E-state index contributed by atoms with van der Waals surface area (Å²) in [6.45, 7) is 1.67. The van der Waals surface area contributed by atoms with Gasteiger partial charge in [-0.25, -0.2) is 14.9 Å². The Kier molecular flexibility index (Phi) is 4.26. The second-order valence-electron chi connectivity index (χ2n) is 7.36. The molecule has 3 saturated heterocycles. The lowest BCUT2D eigenvalue weighted by Crippen LogP contribution is -2.44. The van der Waals surface area contributed by atoms with Crippen molar-refractivity contribution >= 4 is 33.4 Å². The van der Waals surface area contributed by atoms with Crippen LogP contribution in [0.2, 0.25) is 0 Å². The highest BCUT2D eigenvalue weighted by Gasteiger charge is 2.62. The van der Waals surface area contributed by atoms with E-state index in [1.54, 1.807) is 25.3 Å². The minimum atomic E-state index is -0.435. The van der Waals surface area contributed by atoms with Crippen LogP contribution < -0.4 is 9.64 Å². The fourth-order valence-corrected chi connectivity index (χ4v) is 5.04. The Labute approximate surface area is 171 Å². The normalized spacial score (nSPS) is 27.4. The van der Waals surface area contributed by atoms with Gasteiger partial charge in [-0.2, -0.15) is 0 Å². The Morgan fingerprint density at radius 3 is 2.39 bits per heavy atom. The first-order valence-corrected chi connectivity index (χ1v) is 10.2. The molecule has 3 aliphatic heterocycles. The van der Waals surface area contributed by atoms with Gasteiger partial charge in [-0.05, 0) is 36.2 Å². The van der Waals surface area contributed by atoms with E-state index in [0.29, 0.717) is 11.4 Å². The second kappa shape index (κ2) is 6.69. The van der Waals surface area contributed by atoms with E-state index in [4.69, 9.17) is 4.74 Å². The number of hydrazine groups is 1. The number of halogens is 1. The maximum atomic E-state index is 13.5. The summed E-state index contributed by atoms with van der Waals surface area (Å²) >= 11 is 3.48. The molecule has 3 aliphatic rings. The molecule has 5 rings (SSSR count). The number of rotatable bonds is 3. The predicted octanol–water partition coefficient (Wildman–Crippen LogP) is 2.99. The number of amides is 2. The number of anilines is 1. The fourth-order valence-electron chi connectivity index (χ4n) is 4.78. The first kappa shape index (κ1) is 17.8. The van der Waals surface area contributed by atoms with Gasteiger partial charge in [0, 0.05) is 23.6 Å². The van der Waals surface area contributed by atoms with E-state index >= 15 is 0 Å². The number of methoxy groups -OCH3 is 1. The van der Waals surface area contributed by atoms with Crippen LogP contribution >= 0.6 is 15.9 Å². The van der Waals surface area contributed by atoms with E-state index in [9.17, 15) is 9.59 Å².